The van der Waals surface area contributed by atoms with Crippen LogP contribution >= 0.6 is 11.6 Å². The summed E-state index contributed by atoms with van der Waals surface area (Å²) in [6, 6.07) is 3.73. The fourth-order valence-electron chi connectivity index (χ4n) is 2.54. The fourth-order valence-corrected chi connectivity index (χ4v) is 2.65. The van der Waals surface area contributed by atoms with Gasteiger partial charge in [0.15, 0.2) is 0 Å². The van der Waals surface area contributed by atoms with Crippen LogP contribution in [-0.2, 0) is 11.3 Å². The molecule has 2 aliphatic heterocycles. The average Bonchev–Trinajstić information content (AvgIpc) is 2.73. The quantitative estimate of drug-likeness (QED) is 0.830. The van der Waals surface area contributed by atoms with E-state index in [0.29, 0.717) is 5.15 Å². The van der Waals surface area contributed by atoms with Gasteiger partial charge in [-0.3, -0.25) is 4.90 Å². The fraction of sp³-hybridized carbons (Fsp3) is 0.500. The Bertz CT molecular complexity index is 451. The number of nitrogens with zero attached hydrogens (tertiary/aromatic N) is 2. The van der Waals surface area contributed by atoms with Crippen molar-refractivity contribution >= 4 is 17.7 Å². The van der Waals surface area contributed by atoms with Crippen LogP contribution in [0.3, 0.4) is 0 Å². The molecule has 5 nitrogen and oxygen atoms in total. The minimum Gasteiger partial charge on any atom is -0.443 e. The zero-order valence-corrected chi connectivity index (χ0v) is 10.6. The normalized spacial score (nSPS) is 27.5. The van der Waals surface area contributed by atoms with Gasteiger partial charge in [-0.1, -0.05) is 17.7 Å². The van der Waals surface area contributed by atoms with Crippen molar-refractivity contribution in [2.45, 2.75) is 31.7 Å². The number of amides is 1. The Morgan fingerprint density at radius 3 is 3.22 bits per heavy atom. The predicted molar refractivity (Wildman–Crippen MR) is 66.1 cm³/mol. The second kappa shape index (κ2) is 4.74. The molecule has 2 fully saturated rings. The van der Waals surface area contributed by atoms with Crippen LogP contribution in [-0.4, -0.2) is 34.8 Å². The standard InChI is InChI=1S/C12H14ClN3O2/c13-10-4-3-8(6-14-10)7-16-5-1-2-9-11(16)15-12(17)18-9/h3-4,6,9,11H,1-2,5,7H2,(H,15,17). The molecular weight excluding hydrogens is 254 g/mol. The summed E-state index contributed by atoms with van der Waals surface area (Å²) in [5, 5.41) is 3.35. The maximum Gasteiger partial charge on any atom is 0.408 e. The minimum absolute atomic E-state index is 0.0121. The topological polar surface area (TPSA) is 54.5 Å². The Labute approximate surface area is 110 Å². The van der Waals surface area contributed by atoms with E-state index in [2.05, 4.69) is 15.2 Å². The van der Waals surface area contributed by atoms with Gasteiger partial charge in [-0.05, 0) is 24.5 Å². The van der Waals surface area contributed by atoms with Crippen molar-refractivity contribution in [2.75, 3.05) is 6.54 Å². The van der Waals surface area contributed by atoms with E-state index < -0.39 is 0 Å². The first-order chi connectivity index (χ1) is 8.72. The SMILES string of the molecule is O=C1NC2C(CCCN2Cc2ccc(Cl)nc2)O1. The number of pyridine rings is 1. The van der Waals surface area contributed by atoms with Crippen molar-refractivity contribution in [1.29, 1.82) is 0 Å². The number of ether oxygens (including phenoxy) is 1. The number of nitrogens with one attached hydrogen (secondary N) is 1. The smallest absolute Gasteiger partial charge is 0.408 e. The van der Waals surface area contributed by atoms with Crippen molar-refractivity contribution in [3.05, 3.63) is 29.0 Å². The molecule has 2 saturated heterocycles. The maximum absolute atomic E-state index is 11.3. The number of carbonyl (C=O) groups is 1. The Morgan fingerprint density at radius 1 is 1.56 bits per heavy atom. The lowest BCUT2D eigenvalue weighted by Gasteiger charge is -2.34. The van der Waals surface area contributed by atoms with E-state index in [4.69, 9.17) is 16.3 Å². The van der Waals surface area contributed by atoms with E-state index in [1.165, 1.54) is 0 Å². The Balaban J connectivity index is 1.71. The van der Waals surface area contributed by atoms with Crippen LogP contribution in [0.15, 0.2) is 18.3 Å². The van der Waals surface area contributed by atoms with Crippen LogP contribution in [0.2, 0.25) is 5.15 Å². The Morgan fingerprint density at radius 2 is 2.44 bits per heavy atom. The number of hydrogen-bond donors (Lipinski definition) is 1. The van der Waals surface area contributed by atoms with Crippen LogP contribution in [0.4, 0.5) is 4.79 Å². The summed E-state index contributed by atoms with van der Waals surface area (Å²) in [6.07, 6.45) is 3.39. The highest BCUT2D eigenvalue weighted by molar-refractivity contribution is 6.29. The van der Waals surface area contributed by atoms with Crippen molar-refractivity contribution < 1.29 is 9.53 Å². The number of alkyl carbamates (subject to hydrolysis) is 1. The van der Waals surface area contributed by atoms with Gasteiger partial charge in [0, 0.05) is 19.3 Å². The largest absolute Gasteiger partial charge is 0.443 e. The number of fused-ring (bicyclic) bond motifs is 1. The van der Waals surface area contributed by atoms with Gasteiger partial charge in [0.2, 0.25) is 0 Å². The van der Waals surface area contributed by atoms with Gasteiger partial charge in [0.25, 0.3) is 0 Å². The van der Waals surface area contributed by atoms with Gasteiger partial charge in [-0.15, -0.1) is 0 Å². The summed E-state index contributed by atoms with van der Waals surface area (Å²) in [5.74, 6) is 0. The molecule has 6 heteroatoms. The second-order valence-electron chi connectivity index (χ2n) is 4.63. The third kappa shape index (κ3) is 2.28. The number of likely N-dealkylation sites (tertiary alicyclic amines) is 1. The maximum atomic E-state index is 11.3. The van der Waals surface area contributed by atoms with E-state index in [0.717, 1.165) is 31.5 Å². The van der Waals surface area contributed by atoms with Crippen molar-refractivity contribution in [1.82, 2.24) is 15.2 Å². The zero-order chi connectivity index (χ0) is 12.5. The number of piperidine rings is 1. The van der Waals surface area contributed by atoms with Crippen molar-refractivity contribution in [3.63, 3.8) is 0 Å². The highest BCUT2D eigenvalue weighted by Crippen LogP contribution is 2.24. The van der Waals surface area contributed by atoms with Crippen LogP contribution in [0, 0.1) is 0 Å². The van der Waals surface area contributed by atoms with Crippen LogP contribution in [0.5, 0.6) is 0 Å². The molecular formula is C12H14ClN3O2. The predicted octanol–water partition coefficient (Wildman–Crippen LogP) is 1.77. The van der Waals surface area contributed by atoms with Gasteiger partial charge < -0.3 is 10.1 Å². The minimum atomic E-state index is -0.314. The summed E-state index contributed by atoms with van der Waals surface area (Å²) in [5.41, 5.74) is 1.08. The molecule has 2 unspecified atom stereocenters. The molecule has 3 heterocycles. The van der Waals surface area contributed by atoms with Crippen LogP contribution in [0.25, 0.3) is 0 Å². The van der Waals surface area contributed by atoms with Crippen molar-refractivity contribution in [2.24, 2.45) is 0 Å². The van der Waals surface area contributed by atoms with E-state index in [1.54, 1.807) is 12.3 Å². The van der Waals surface area contributed by atoms with Crippen LogP contribution in [0.1, 0.15) is 18.4 Å². The lowest BCUT2D eigenvalue weighted by Crippen LogP contribution is -2.51. The molecule has 18 heavy (non-hydrogen) atoms. The van der Waals surface area contributed by atoms with Gasteiger partial charge >= 0.3 is 6.09 Å². The number of rotatable bonds is 2. The molecule has 0 saturated carbocycles. The number of halogens is 1. The highest BCUT2D eigenvalue weighted by Gasteiger charge is 2.40. The molecule has 1 aromatic heterocycles. The zero-order valence-electron chi connectivity index (χ0n) is 9.80. The third-order valence-electron chi connectivity index (χ3n) is 3.38. The van der Waals surface area contributed by atoms with E-state index in [9.17, 15) is 4.79 Å². The van der Waals surface area contributed by atoms with Gasteiger partial charge in [0.1, 0.15) is 17.4 Å². The van der Waals surface area contributed by atoms with E-state index in [1.807, 2.05) is 6.07 Å². The highest BCUT2D eigenvalue weighted by atomic mass is 35.5. The lowest BCUT2D eigenvalue weighted by atomic mass is 10.0. The number of hydrogen-bond acceptors (Lipinski definition) is 4. The van der Waals surface area contributed by atoms with Gasteiger partial charge in [-0.2, -0.15) is 0 Å². The van der Waals surface area contributed by atoms with Gasteiger partial charge in [-0.25, -0.2) is 9.78 Å². The second-order valence-corrected chi connectivity index (χ2v) is 5.02. The molecule has 2 atom stereocenters. The molecule has 0 spiro atoms. The van der Waals surface area contributed by atoms with E-state index in [-0.39, 0.29) is 18.4 Å². The Kier molecular flexibility index (Phi) is 3.09. The van der Waals surface area contributed by atoms with E-state index >= 15 is 0 Å². The van der Waals surface area contributed by atoms with Crippen molar-refractivity contribution in [3.8, 4) is 0 Å². The molecule has 3 rings (SSSR count). The first kappa shape index (κ1) is 11.7. The molecule has 96 valence electrons. The summed E-state index contributed by atoms with van der Waals surface area (Å²) in [7, 11) is 0. The third-order valence-corrected chi connectivity index (χ3v) is 3.60. The summed E-state index contributed by atoms with van der Waals surface area (Å²) in [6.45, 7) is 1.70. The number of aromatic nitrogens is 1. The molecule has 1 aromatic rings. The molecule has 0 aliphatic carbocycles. The molecule has 0 aromatic carbocycles. The molecule has 0 radical (unpaired) electrons. The summed E-state index contributed by atoms with van der Waals surface area (Å²) in [4.78, 5) is 17.5. The van der Waals surface area contributed by atoms with Crippen LogP contribution < -0.4 is 5.32 Å². The first-order valence-electron chi connectivity index (χ1n) is 6.04. The molecule has 2 aliphatic rings. The molecule has 1 amide bonds. The first-order valence-corrected chi connectivity index (χ1v) is 6.42. The van der Waals surface area contributed by atoms with Gasteiger partial charge in [0.05, 0.1) is 0 Å². The summed E-state index contributed by atoms with van der Waals surface area (Å²) < 4.78 is 5.22. The monoisotopic (exact) mass is 267 g/mol. The molecule has 1 N–H and O–H groups in total. The number of carbonyl (C=O) groups excluding carboxylic acids is 1. The molecule has 0 bridgehead atoms. The Hall–Kier alpha value is -1.33. The average molecular weight is 268 g/mol. The lowest BCUT2D eigenvalue weighted by molar-refractivity contribution is 0.0381. The summed E-state index contributed by atoms with van der Waals surface area (Å²) >= 11 is 5.76.